The average Bonchev–Trinajstić information content (AvgIpc) is 2.90. The molecule has 3 rings (SSSR count). The quantitative estimate of drug-likeness (QED) is 0.261. The lowest BCUT2D eigenvalue weighted by Gasteiger charge is -2.29. The molecule has 0 saturated heterocycles. The van der Waals surface area contributed by atoms with Gasteiger partial charge in [-0.05, 0) is 42.5 Å². The molecule has 0 fully saturated rings. The summed E-state index contributed by atoms with van der Waals surface area (Å²) in [5.74, 6) is -3.09. The van der Waals surface area contributed by atoms with E-state index in [1.807, 2.05) is 18.7 Å². The van der Waals surface area contributed by atoms with E-state index in [-0.39, 0.29) is 16.7 Å². The molecule has 1 N–H and O–H groups in total. The van der Waals surface area contributed by atoms with Crippen molar-refractivity contribution in [1.29, 1.82) is 0 Å². The molecule has 0 radical (unpaired) electrons. The monoisotopic (exact) mass is 526 g/mol. The van der Waals surface area contributed by atoms with Crippen LogP contribution in [0.1, 0.15) is 33.1 Å². The fourth-order valence-corrected chi connectivity index (χ4v) is 6.15. The summed E-state index contributed by atoms with van der Waals surface area (Å²) in [7, 11) is -2.48. The summed E-state index contributed by atoms with van der Waals surface area (Å²) >= 11 is 1.34. The molecule has 0 aliphatic carbocycles. The fourth-order valence-electron chi connectivity index (χ4n) is 3.83. The van der Waals surface area contributed by atoms with Gasteiger partial charge in [0.15, 0.2) is 0 Å². The van der Waals surface area contributed by atoms with E-state index < -0.39 is 27.6 Å². The largest absolute Gasteiger partial charge is 0.476 e. The van der Waals surface area contributed by atoms with Crippen molar-refractivity contribution in [3.05, 3.63) is 54.3 Å². The van der Waals surface area contributed by atoms with Crippen molar-refractivity contribution in [2.24, 2.45) is 0 Å². The molecule has 1 aliphatic heterocycles. The standard InChI is InChI=1S/C24H28F2N2O5S2/c1-4-6-7-18-14-28(17-10-8-16(25)9-11-17)20-12-22(34-5-2)21(33-15-19(26)24(29)30)13-23(20)35(31,32)27(18)3/h8-13,15,18H,4-7,14H2,1-3H3,(H,29,30)/b19-15-/t18-/m1/s1. The highest BCUT2D eigenvalue weighted by Crippen LogP contribution is 2.44. The van der Waals surface area contributed by atoms with Crippen molar-refractivity contribution < 1.29 is 31.8 Å². The van der Waals surface area contributed by atoms with Crippen molar-refractivity contribution in [3.8, 4) is 5.75 Å². The number of likely N-dealkylation sites (N-methyl/N-ethyl adjacent to an activating group) is 1. The molecule has 0 bridgehead atoms. The van der Waals surface area contributed by atoms with Gasteiger partial charge in [0.2, 0.25) is 15.9 Å². The van der Waals surface area contributed by atoms with E-state index >= 15 is 0 Å². The number of sulfonamides is 1. The zero-order chi connectivity index (χ0) is 25.8. The number of benzene rings is 2. The molecular formula is C24H28F2N2O5S2. The molecule has 1 heterocycles. The molecule has 7 nitrogen and oxygen atoms in total. The molecule has 1 aliphatic rings. The summed E-state index contributed by atoms with van der Waals surface area (Å²) < 4.78 is 61.3. The second-order valence-electron chi connectivity index (χ2n) is 7.99. The minimum absolute atomic E-state index is 0.0232. The molecular weight excluding hydrogens is 498 g/mol. The number of carboxylic acid groups (broad SMARTS) is 1. The van der Waals surface area contributed by atoms with Crippen LogP contribution in [-0.4, -0.2) is 49.2 Å². The summed E-state index contributed by atoms with van der Waals surface area (Å²) in [4.78, 5) is 13.1. The number of halogens is 2. The molecule has 1 atom stereocenters. The lowest BCUT2D eigenvalue weighted by molar-refractivity contribution is -0.134. The number of carbonyl (C=O) groups is 1. The highest BCUT2D eigenvalue weighted by atomic mass is 32.2. The molecule has 35 heavy (non-hydrogen) atoms. The topological polar surface area (TPSA) is 87.1 Å². The lowest BCUT2D eigenvalue weighted by atomic mass is 10.1. The fraction of sp³-hybridized carbons (Fsp3) is 0.375. The summed E-state index contributed by atoms with van der Waals surface area (Å²) in [5, 5.41) is 8.80. The van der Waals surface area contributed by atoms with Crippen LogP contribution in [0.2, 0.25) is 0 Å². The van der Waals surface area contributed by atoms with E-state index in [0.717, 1.165) is 12.8 Å². The lowest BCUT2D eigenvalue weighted by Crippen LogP contribution is -2.40. The number of thioether (sulfide) groups is 1. The van der Waals surface area contributed by atoms with Gasteiger partial charge < -0.3 is 14.7 Å². The van der Waals surface area contributed by atoms with Crippen LogP contribution in [0.4, 0.5) is 20.2 Å². The molecule has 2 aromatic rings. The Hall–Kier alpha value is -2.63. The van der Waals surface area contributed by atoms with Crippen molar-refractivity contribution in [1.82, 2.24) is 4.31 Å². The number of anilines is 2. The zero-order valence-corrected chi connectivity index (χ0v) is 21.3. The highest BCUT2D eigenvalue weighted by molar-refractivity contribution is 7.99. The Morgan fingerprint density at radius 3 is 2.54 bits per heavy atom. The minimum Gasteiger partial charge on any atom is -0.476 e. The zero-order valence-electron chi connectivity index (χ0n) is 19.7. The van der Waals surface area contributed by atoms with Gasteiger partial charge in [-0.3, -0.25) is 0 Å². The number of fused-ring (bicyclic) bond motifs is 1. The van der Waals surface area contributed by atoms with E-state index in [2.05, 4.69) is 0 Å². The van der Waals surface area contributed by atoms with Crippen molar-refractivity contribution in [2.75, 3.05) is 24.2 Å². The van der Waals surface area contributed by atoms with Crippen molar-refractivity contribution in [3.63, 3.8) is 0 Å². The van der Waals surface area contributed by atoms with Gasteiger partial charge in [-0.1, -0.05) is 26.7 Å². The number of hydrogen-bond acceptors (Lipinski definition) is 6. The summed E-state index contributed by atoms with van der Waals surface area (Å²) in [5.41, 5.74) is 1.01. The third-order valence-electron chi connectivity index (χ3n) is 5.70. The Morgan fingerprint density at radius 1 is 1.26 bits per heavy atom. The van der Waals surface area contributed by atoms with E-state index in [1.54, 1.807) is 18.2 Å². The Balaban J connectivity index is 2.24. The smallest absolute Gasteiger partial charge is 0.368 e. The molecule has 11 heteroatoms. The maximum Gasteiger partial charge on any atom is 0.368 e. The van der Waals surface area contributed by atoms with Gasteiger partial charge in [0.05, 0.1) is 10.6 Å². The predicted molar refractivity (Wildman–Crippen MR) is 132 cm³/mol. The number of ether oxygens (including phenoxy) is 1. The number of carboxylic acids is 1. The molecule has 0 amide bonds. The maximum absolute atomic E-state index is 13.7. The second kappa shape index (κ2) is 11.4. The second-order valence-corrected chi connectivity index (χ2v) is 11.3. The Morgan fingerprint density at radius 2 is 1.94 bits per heavy atom. The van der Waals surface area contributed by atoms with Crippen LogP contribution in [0.25, 0.3) is 0 Å². The van der Waals surface area contributed by atoms with Crippen LogP contribution in [-0.2, 0) is 14.8 Å². The number of nitrogens with zero attached hydrogens (tertiary/aromatic N) is 2. The van der Waals surface area contributed by atoms with Crippen LogP contribution in [0, 0.1) is 5.82 Å². The van der Waals surface area contributed by atoms with Gasteiger partial charge in [-0.2, -0.15) is 8.70 Å². The number of unbranched alkanes of at least 4 members (excludes halogenated alkanes) is 1. The Labute approximate surface area is 208 Å². The Bertz CT molecular complexity index is 1200. The number of hydrogen-bond donors (Lipinski definition) is 1. The molecule has 2 aromatic carbocycles. The van der Waals surface area contributed by atoms with Crippen molar-refractivity contribution in [2.45, 2.75) is 48.9 Å². The van der Waals surface area contributed by atoms with Crippen LogP contribution >= 0.6 is 11.8 Å². The maximum atomic E-state index is 13.7. The van der Waals surface area contributed by atoms with Gasteiger partial charge >= 0.3 is 5.97 Å². The first-order valence-corrected chi connectivity index (χ1v) is 13.6. The van der Waals surface area contributed by atoms with E-state index in [1.165, 1.54) is 41.3 Å². The third kappa shape index (κ3) is 5.96. The van der Waals surface area contributed by atoms with Gasteiger partial charge in [0, 0.05) is 31.4 Å². The predicted octanol–water partition coefficient (Wildman–Crippen LogP) is 5.54. The van der Waals surface area contributed by atoms with Crippen LogP contribution in [0.5, 0.6) is 5.75 Å². The third-order valence-corrected chi connectivity index (χ3v) is 8.56. The first-order valence-electron chi connectivity index (χ1n) is 11.2. The normalized spacial score (nSPS) is 18.1. The molecule has 0 spiro atoms. The summed E-state index contributed by atoms with van der Waals surface area (Å²) in [6, 6.07) is 8.40. The number of rotatable bonds is 9. The minimum atomic E-state index is -4.00. The highest BCUT2D eigenvalue weighted by Gasteiger charge is 2.37. The van der Waals surface area contributed by atoms with E-state index in [0.29, 0.717) is 41.3 Å². The average molecular weight is 527 g/mol. The van der Waals surface area contributed by atoms with E-state index in [4.69, 9.17) is 9.84 Å². The van der Waals surface area contributed by atoms with E-state index in [9.17, 15) is 22.0 Å². The van der Waals surface area contributed by atoms with Gasteiger partial charge in [0.1, 0.15) is 22.7 Å². The molecule has 0 aromatic heterocycles. The summed E-state index contributed by atoms with van der Waals surface area (Å²) in [6.07, 6.45) is 2.79. The molecule has 190 valence electrons. The van der Waals surface area contributed by atoms with Gasteiger partial charge in [0.25, 0.3) is 0 Å². The van der Waals surface area contributed by atoms with Crippen LogP contribution < -0.4 is 9.64 Å². The van der Waals surface area contributed by atoms with Gasteiger partial charge in [-0.15, -0.1) is 11.8 Å². The number of aliphatic carboxylic acids is 1. The van der Waals surface area contributed by atoms with Crippen LogP contribution in [0.15, 0.2) is 58.3 Å². The molecule has 0 unspecified atom stereocenters. The molecule has 0 saturated carbocycles. The first-order chi connectivity index (χ1) is 16.6. The van der Waals surface area contributed by atoms with Crippen LogP contribution in [0.3, 0.4) is 0 Å². The summed E-state index contributed by atoms with van der Waals surface area (Å²) in [6.45, 7) is 4.26. The SMILES string of the molecule is CCCC[C@@H]1CN(c2ccc(F)cc2)c2cc(SCC)c(O/C=C(\F)C(=O)O)cc2S(=O)(=O)N1C. The van der Waals surface area contributed by atoms with Crippen molar-refractivity contribution >= 4 is 39.1 Å². The Kier molecular flexibility index (Phi) is 8.79. The van der Waals surface area contributed by atoms with Gasteiger partial charge in [-0.25, -0.2) is 17.6 Å². The first kappa shape index (κ1) is 27.0.